The van der Waals surface area contributed by atoms with Crippen molar-refractivity contribution in [3.63, 3.8) is 0 Å². The molecule has 0 N–H and O–H groups in total. The minimum absolute atomic E-state index is 0.214. The van der Waals surface area contributed by atoms with Gasteiger partial charge < -0.3 is 9.47 Å². The molecule has 102 valence electrons. The highest BCUT2D eigenvalue weighted by Crippen LogP contribution is 2.37. The van der Waals surface area contributed by atoms with E-state index in [0.717, 1.165) is 28.0 Å². The molecular weight excluding hydrogens is 252 g/mol. The lowest BCUT2D eigenvalue weighted by Crippen LogP contribution is -2.15. The van der Waals surface area contributed by atoms with Crippen LogP contribution in [0.15, 0.2) is 24.4 Å². The van der Waals surface area contributed by atoms with E-state index in [1.807, 2.05) is 32.0 Å². The van der Waals surface area contributed by atoms with Gasteiger partial charge in [0.25, 0.3) is 0 Å². The largest absolute Gasteiger partial charge is 0.486 e. The maximum Gasteiger partial charge on any atom is 0.162 e. The minimum atomic E-state index is -0.221. The van der Waals surface area contributed by atoms with Crippen LogP contribution in [0.2, 0.25) is 0 Å². The zero-order chi connectivity index (χ0) is 14.1. The third-order valence-electron chi connectivity index (χ3n) is 3.56. The van der Waals surface area contributed by atoms with Gasteiger partial charge in [-0.1, -0.05) is 13.8 Å². The first-order valence-corrected chi connectivity index (χ1v) is 6.78. The standard InChI is InChI=1S/C16H16N2O2/c1-10(2)13(9-17)16-12-8-15-14(19-5-6-20-15)7-11(12)3-4-18-16/h3-4,7-8,10,13H,5-6H2,1-2H3. The van der Waals surface area contributed by atoms with E-state index in [-0.39, 0.29) is 11.8 Å². The predicted octanol–water partition coefficient (Wildman–Crippen LogP) is 3.27. The number of benzene rings is 1. The molecule has 1 unspecified atom stereocenters. The van der Waals surface area contributed by atoms with Crippen LogP contribution in [0.1, 0.15) is 25.5 Å². The molecule has 1 atom stereocenters. The Kier molecular flexibility index (Phi) is 3.19. The van der Waals surface area contributed by atoms with E-state index in [1.165, 1.54) is 0 Å². The molecule has 0 saturated carbocycles. The van der Waals surface area contributed by atoms with Crippen molar-refractivity contribution in [2.45, 2.75) is 19.8 Å². The number of pyridine rings is 1. The van der Waals surface area contributed by atoms with E-state index in [0.29, 0.717) is 13.2 Å². The molecule has 0 aliphatic carbocycles. The van der Waals surface area contributed by atoms with Crippen molar-refractivity contribution < 1.29 is 9.47 Å². The van der Waals surface area contributed by atoms with E-state index in [1.54, 1.807) is 6.20 Å². The maximum absolute atomic E-state index is 9.40. The van der Waals surface area contributed by atoms with Crippen LogP contribution < -0.4 is 9.47 Å². The van der Waals surface area contributed by atoms with Crippen LogP contribution in [0.5, 0.6) is 11.5 Å². The first kappa shape index (κ1) is 12.7. The lowest BCUT2D eigenvalue weighted by Gasteiger charge is -2.20. The second-order valence-corrected chi connectivity index (χ2v) is 5.26. The highest BCUT2D eigenvalue weighted by molar-refractivity contribution is 5.88. The molecule has 0 spiro atoms. The Bertz CT molecular complexity index is 689. The first-order valence-electron chi connectivity index (χ1n) is 6.78. The van der Waals surface area contributed by atoms with Gasteiger partial charge in [-0.3, -0.25) is 4.98 Å². The summed E-state index contributed by atoms with van der Waals surface area (Å²) >= 11 is 0. The zero-order valence-corrected chi connectivity index (χ0v) is 11.6. The molecule has 0 fully saturated rings. The predicted molar refractivity (Wildman–Crippen MR) is 75.9 cm³/mol. The average molecular weight is 268 g/mol. The van der Waals surface area contributed by atoms with Gasteiger partial charge in [-0.25, -0.2) is 0 Å². The van der Waals surface area contributed by atoms with E-state index in [4.69, 9.17) is 9.47 Å². The molecule has 0 saturated heterocycles. The Morgan fingerprint density at radius 1 is 1.20 bits per heavy atom. The fourth-order valence-electron chi connectivity index (χ4n) is 2.51. The molecule has 0 amide bonds. The van der Waals surface area contributed by atoms with Gasteiger partial charge in [0.15, 0.2) is 11.5 Å². The van der Waals surface area contributed by atoms with Gasteiger partial charge in [0, 0.05) is 11.6 Å². The zero-order valence-electron chi connectivity index (χ0n) is 11.6. The van der Waals surface area contributed by atoms with Crippen LogP contribution >= 0.6 is 0 Å². The Morgan fingerprint density at radius 3 is 2.55 bits per heavy atom. The molecule has 3 rings (SSSR count). The van der Waals surface area contributed by atoms with Crippen LogP contribution in [-0.4, -0.2) is 18.2 Å². The van der Waals surface area contributed by atoms with E-state index in [9.17, 15) is 5.26 Å². The van der Waals surface area contributed by atoms with Crippen LogP contribution in [-0.2, 0) is 0 Å². The third-order valence-corrected chi connectivity index (χ3v) is 3.56. The topological polar surface area (TPSA) is 55.1 Å². The molecular formula is C16H16N2O2. The summed E-state index contributed by atoms with van der Waals surface area (Å²) in [5, 5.41) is 11.4. The van der Waals surface area contributed by atoms with Crippen molar-refractivity contribution in [1.29, 1.82) is 5.26 Å². The summed E-state index contributed by atoms with van der Waals surface area (Å²) in [5.74, 6) is 1.49. The molecule has 20 heavy (non-hydrogen) atoms. The number of nitriles is 1. The highest BCUT2D eigenvalue weighted by atomic mass is 16.6. The monoisotopic (exact) mass is 268 g/mol. The maximum atomic E-state index is 9.40. The Labute approximate surface area is 118 Å². The van der Waals surface area contributed by atoms with Gasteiger partial charge in [-0.05, 0) is 29.5 Å². The molecule has 4 nitrogen and oxygen atoms in total. The van der Waals surface area contributed by atoms with Crippen LogP contribution in [0.3, 0.4) is 0 Å². The number of fused-ring (bicyclic) bond motifs is 2. The first-order chi connectivity index (χ1) is 9.70. The minimum Gasteiger partial charge on any atom is -0.486 e. The van der Waals surface area contributed by atoms with Gasteiger partial charge in [0.2, 0.25) is 0 Å². The van der Waals surface area contributed by atoms with Crippen molar-refractivity contribution in [2.24, 2.45) is 5.92 Å². The summed E-state index contributed by atoms with van der Waals surface area (Å²) in [4.78, 5) is 4.43. The Hall–Kier alpha value is -2.28. The molecule has 1 aliphatic heterocycles. The summed E-state index contributed by atoms with van der Waals surface area (Å²) in [6.07, 6.45) is 1.75. The second-order valence-electron chi connectivity index (χ2n) is 5.26. The summed E-state index contributed by atoms with van der Waals surface area (Å²) in [6.45, 7) is 5.20. The molecule has 1 aromatic carbocycles. The third kappa shape index (κ3) is 2.05. The van der Waals surface area contributed by atoms with Crippen molar-refractivity contribution in [3.05, 3.63) is 30.1 Å². The Balaban J connectivity index is 2.21. The van der Waals surface area contributed by atoms with Gasteiger partial charge >= 0.3 is 0 Å². The van der Waals surface area contributed by atoms with Crippen LogP contribution in [0, 0.1) is 17.2 Å². The van der Waals surface area contributed by atoms with Gasteiger partial charge in [-0.15, -0.1) is 0 Å². The van der Waals surface area contributed by atoms with E-state index < -0.39 is 0 Å². The lowest BCUT2D eigenvalue weighted by atomic mass is 9.90. The molecule has 0 bridgehead atoms. The summed E-state index contributed by atoms with van der Waals surface area (Å²) in [6, 6.07) is 8.20. The van der Waals surface area contributed by atoms with Crippen molar-refractivity contribution >= 4 is 10.8 Å². The van der Waals surface area contributed by atoms with Crippen LogP contribution in [0.4, 0.5) is 0 Å². The molecule has 4 heteroatoms. The van der Waals surface area contributed by atoms with Crippen molar-refractivity contribution in [2.75, 3.05) is 13.2 Å². The molecule has 2 heterocycles. The fourth-order valence-corrected chi connectivity index (χ4v) is 2.51. The normalized spacial score (nSPS) is 15.1. The highest BCUT2D eigenvalue weighted by Gasteiger charge is 2.21. The number of hydrogen-bond donors (Lipinski definition) is 0. The molecule has 0 radical (unpaired) electrons. The van der Waals surface area contributed by atoms with Crippen molar-refractivity contribution in [3.8, 4) is 17.6 Å². The second kappa shape index (κ2) is 5.01. The van der Waals surface area contributed by atoms with E-state index in [2.05, 4.69) is 11.1 Å². The number of aromatic nitrogens is 1. The summed E-state index contributed by atoms with van der Waals surface area (Å²) in [5.41, 5.74) is 0.817. The SMILES string of the molecule is CC(C)C(C#N)c1nccc2cc3c(cc12)OCCO3. The van der Waals surface area contributed by atoms with Crippen molar-refractivity contribution in [1.82, 2.24) is 4.98 Å². The molecule has 1 aliphatic rings. The summed E-state index contributed by atoms with van der Waals surface area (Å²) < 4.78 is 11.2. The smallest absolute Gasteiger partial charge is 0.162 e. The number of ether oxygens (including phenoxy) is 2. The summed E-state index contributed by atoms with van der Waals surface area (Å²) in [7, 11) is 0. The quantitative estimate of drug-likeness (QED) is 0.838. The average Bonchev–Trinajstić information content (AvgIpc) is 2.46. The van der Waals surface area contributed by atoms with Gasteiger partial charge in [0.1, 0.15) is 13.2 Å². The molecule has 1 aromatic heterocycles. The van der Waals surface area contributed by atoms with Gasteiger partial charge in [-0.2, -0.15) is 5.26 Å². The Morgan fingerprint density at radius 2 is 1.90 bits per heavy atom. The fraction of sp³-hybridized carbons (Fsp3) is 0.375. The number of nitrogens with zero attached hydrogens (tertiary/aromatic N) is 2. The lowest BCUT2D eigenvalue weighted by molar-refractivity contribution is 0.172. The number of hydrogen-bond acceptors (Lipinski definition) is 4. The van der Waals surface area contributed by atoms with Crippen LogP contribution in [0.25, 0.3) is 10.8 Å². The van der Waals surface area contributed by atoms with E-state index >= 15 is 0 Å². The molecule has 2 aromatic rings. The van der Waals surface area contributed by atoms with Gasteiger partial charge in [0.05, 0.1) is 17.7 Å². The number of rotatable bonds is 2.